The molecule has 0 spiro atoms. The van der Waals surface area contributed by atoms with Crippen molar-refractivity contribution in [3.8, 4) is 0 Å². The molecule has 0 bridgehead atoms. The van der Waals surface area contributed by atoms with E-state index in [9.17, 15) is 0 Å². The molecule has 0 saturated carbocycles. The molecule has 94 valence electrons. The number of aromatic nitrogens is 1. The first-order valence-corrected chi connectivity index (χ1v) is 7.00. The summed E-state index contributed by atoms with van der Waals surface area (Å²) in [6, 6.07) is 2.14. The van der Waals surface area contributed by atoms with Crippen LogP contribution in [0.5, 0.6) is 0 Å². The molecule has 0 radical (unpaired) electrons. The third-order valence-electron chi connectivity index (χ3n) is 3.03. The molecule has 1 fully saturated rings. The van der Waals surface area contributed by atoms with Crippen LogP contribution in [0.15, 0.2) is 22.9 Å². The number of pyridine rings is 1. The van der Waals surface area contributed by atoms with E-state index in [1.54, 1.807) is 0 Å². The van der Waals surface area contributed by atoms with Crippen molar-refractivity contribution < 1.29 is 4.74 Å². The van der Waals surface area contributed by atoms with Crippen molar-refractivity contribution in [1.82, 2.24) is 9.88 Å². The molecule has 1 aliphatic rings. The van der Waals surface area contributed by atoms with Gasteiger partial charge in [0.15, 0.2) is 0 Å². The van der Waals surface area contributed by atoms with E-state index < -0.39 is 0 Å². The summed E-state index contributed by atoms with van der Waals surface area (Å²) in [5.74, 6) is 0. The molecule has 17 heavy (non-hydrogen) atoms. The Morgan fingerprint density at radius 2 is 2.41 bits per heavy atom. The number of ether oxygens (including phenoxy) is 1. The lowest BCUT2D eigenvalue weighted by atomic mass is 10.1. The van der Waals surface area contributed by atoms with Crippen LogP contribution in [0.3, 0.4) is 0 Å². The van der Waals surface area contributed by atoms with Crippen LogP contribution in [-0.2, 0) is 11.3 Å². The summed E-state index contributed by atoms with van der Waals surface area (Å²) in [6.45, 7) is 6.06. The van der Waals surface area contributed by atoms with E-state index in [1.807, 2.05) is 12.4 Å². The Morgan fingerprint density at radius 1 is 1.53 bits per heavy atom. The van der Waals surface area contributed by atoms with Crippen LogP contribution in [-0.4, -0.2) is 35.7 Å². The molecular formula is C13H19BrN2O. The van der Waals surface area contributed by atoms with Crippen molar-refractivity contribution >= 4 is 15.9 Å². The van der Waals surface area contributed by atoms with E-state index in [0.29, 0.717) is 6.10 Å². The average Bonchev–Trinajstić information content (AvgIpc) is 2.30. The highest BCUT2D eigenvalue weighted by Crippen LogP contribution is 2.17. The molecule has 1 atom stereocenters. The summed E-state index contributed by atoms with van der Waals surface area (Å²) in [7, 11) is 0. The molecule has 1 unspecified atom stereocenters. The monoisotopic (exact) mass is 298 g/mol. The molecule has 1 aromatic heterocycles. The van der Waals surface area contributed by atoms with Crippen LogP contribution in [0.25, 0.3) is 0 Å². The number of likely N-dealkylation sites (tertiary alicyclic amines) is 1. The fourth-order valence-electron chi connectivity index (χ4n) is 2.33. The van der Waals surface area contributed by atoms with Crippen molar-refractivity contribution in [3.63, 3.8) is 0 Å². The first-order chi connectivity index (χ1) is 8.28. The van der Waals surface area contributed by atoms with Crippen molar-refractivity contribution in [1.29, 1.82) is 0 Å². The Balaban J connectivity index is 1.90. The zero-order valence-corrected chi connectivity index (χ0v) is 11.8. The Kier molecular flexibility index (Phi) is 4.95. The predicted octanol–water partition coefficient (Wildman–Crippen LogP) is 2.85. The molecular weight excluding hydrogens is 280 g/mol. The maximum absolute atomic E-state index is 5.71. The van der Waals surface area contributed by atoms with E-state index in [-0.39, 0.29) is 0 Å². The van der Waals surface area contributed by atoms with Gasteiger partial charge in [0, 0.05) is 36.6 Å². The Morgan fingerprint density at radius 3 is 3.18 bits per heavy atom. The van der Waals surface area contributed by atoms with Gasteiger partial charge in [0.1, 0.15) is 0 Å². The van der Waals surface area contributed by atoms with E-state index in [2.05, 4.69) is 38.8 Å². The van der Waals surface area contributed by atoms with Gasteiger partial charge in [-0.1, -0.05) is 0 Å². The third-order valence-corrected chi connectivity index (χ3v) is 3.47. The van der Waals surface area contributed by atoms with Gasteiger partial charge in [-0.25, -0.2) is 0 Å². The molecule has 3 nitrogen and oxygen atoms in total. The number of nitrogens with zero attached hydrogens (tertiary/aromatic N) is 2. The van der Waals surface area contributed by atoms with E-state index >= 15 is 0 Å². The van der Waals surface area contributed by atoms with Crippen molar-refractivity contribution in [2.75, 3.05) is 19.7 Å². The maximum Gasteiger partial charge on any atom is 0.0702 e. The van der Waals surface area contributed by atoms with Crippen LogP contribution in [0.2, 0.25) is 0 Å². The fourth-order valence-corrected chi connectivity index (χ4v) is 2.74. The Hall–Kier alpha value is -0.450. The number of piperidine rings is 1. The molecule has 1 aromatic rings. The minimum Gasteiger partial charge on any atom is -0.377 e. The van der Waals surface area contributed by atoms with Crippen molar-refractivity contribution in [2.24, 2.45) is 0 Å². The fraction of sp³-hybridized carbons (Fsp3) is 0.615. The van der Waals surface area contributed by atoms with E-state index in [1.165, 1.54) is 18.4 Å². The van der Waals surface area contributed by atoms with Gasteiger partial charge in [-0.15, -0.1) is 0 Å². The lowest BCUT2D eigenvalue weighted by Gasteiger charge is -2.32. The topological polar surface area (TPSA) is 25.4 Å². The van der Waals surface area contributed by atoms with Gasteiger partial charge >= 0.3 is 0 Å². The van der Waals surface area contributed by atoms with E-state index in [4.69, 9.17) is 4.74 Å². The van der Waals surface area contributed by atoms with Crippen LogP contribution < -0.4 is 0 Å². The number of halogens is 1. The summed E-state index contributed by atoms with van der Waals surface area (Å²) >= 11 is 3.46. The normalized spacial score (nSPS) is 21.6. The van der Waals surface area contributed by atoms with Crippen molar-refractivity contribution in [3.05, 3.63) is 28.5 Å². The first kappa shape index (κ1) is 13.0. The van der Waals surface area contributed by atoms with Gasteiger partial charge < -0.3 is 4.74 Å². The number of hydrogen-bond donors (Lipinski definition) is 0. The molecule has 0 aromatic carbocycles. The molecule has 2 rings (SSSR count). The molecule has 1 aliphatic heterocycles. The minimum absolute atomic E-state index is 0.411. The Labute approximate surface area is 111 Å². The summed E-state index contributed by atoms with van der Waals surface area (Å²) in [4.78, 5) is 6.65. The summed E-state index contributed by atoms with van der Waals surface area (Å²) in [6.07, 6.45) is 6.60. The third kappa shape index (κ3) is 4.05. The highest BCUT2D eigenvalue weighted by Gasteiger charge is 2.19. The molecule has 0 aliphatic carbocycles. The molecule has 0 amide bonds. The van der Waals surface area contributed by atoms with Crippen LogP contribution in [0, 0.1) is 0 Å². The van der Waals surface area contributed by atoms with Crippen LogP contribution >= 0.6 is 15.9 Å². The van der Waals surface area contributed by atoms with Gasteiger partial charge in [-0.2, -0.15) is 0 Å². The molecule has 2 heterocycles. The second kappa shape index (κ2) is 6.47. The van der Waals surface area contributed by atoms with Crippen LogP contribution in [0.4, 0.5) is 0 Å². The molecule has 4 heteroatoms. The van der Waals surface area contributed by atoms with Gasteiger partial charge in [-0.3, -0.25) is 9.88 Å². The highest BCUT2D eigenvalue weighted by molar-refractivity contribution is 9.10. The number of hydrogen-bond acceptors (Lipinski definition) is 3. The quantitative estimate of drug-likeness (QED) is 0.855. The van der Waals surface area contributed by atoms with E-state index in [0.717, 1.165) is 30.7 Å². The molecule has 1 saturated heterocycles. The predicted molar refractivity (Wildman–Crippen MR) is 71.9 cm³/mol. The SMILES string of the molecule is CCOC1CCCN(Cc2cncc(Br)c2)C1. The lowest BCUT2D eigenvalue weighted by Crippen LogP contribution is -2.39. The zero-order chi connectivity index (χ0) is 12.1. The first-order valence-electron chi connectivity index (χ1n) is 6.21. The Bertz CT molecular complexity index is 357. The van der Waals surface area contributed by atoms with Gasteiger partial charge in [0.25, 0.3) is 0 Å². The van der Waals surface area contributed by atoms with Crippen LogP contribution in [0.1, 0.15) is 25.3 Å². The smallest absolute Gasteiger partial charge is 0.0702 e. The average molecular weight is 299 g/mol. The van der Waals surface area contributed by atoms with Gasteiger partial charge in [-0.05, 0) is 53.9 Å². The van der Waals surface area contributed by atoms with Gasteiger partial charge in [0.05, 0.1) is 6.10 Å². The highest BCUT2D eigenvalue weighted by atomic mass is 79.9. The standard InChI is InChI=1S/C13H19BrN2O/c1-2-17-13-4-3-5-16(10-13)9-11-6-12(14)8-15-7-11/h6-8,13H,2-5,9-10H2,1H3. The second-order valence-corrected chi connectivity index (χ2v) is 5.38. The van der Waals surface area contributed by atoms with Gasteiger partial charge in [0.2, 0.25) is 0 Å². The lowest BCUT2D eigenvalue weighted by molar-refractivity contribution is 0.00360. The second-order valence-electron chi connectivity index (χ2n) is 4.47. The summed E-state index contributed by atoms with van der Waals surface area (Å²) in [5, 5.41) is 0. The molecule has 0 N–H and O–H groups in total. The summed E-state index contributed by atoms with van der Waals surface area (Å²) in [5.41, 5.74) is 1.26. The van der Waals surface area contributed by atoms with Crippen molar-refractivity contribution in [2.45, 2.75) is 32.4 Å². The minimum atomic E-state index is 0.411. The number of rotatable bonds is 4. The summed E-state index contributed by atoms with van der Waals surface area (Å²) < 4.78 is 6.76. The zero-order valence-electron chi connectivity index (χ0n) is 10.2. The maximum atomic E-state index is 5.71. The largest absolute Gasteiger partial charge is 0.377 e.